The predicted molar refractivity (Wildman–Crippen MR) is 91.8 cm³/mol. The maximum absolute atomic E-state index is 13.2. The van der Waals surface area contributed by atoms with Crippen LogP contribution in [0.4, 0.5) is 10.1 Å². The Morgan fingerprint density at radius 3 is 2.76 bits per heavy atom. The van der Waals surface area contributed by atoms with Gasteiger partial charge in [0.15, 0.2) is 0 Å². The molecule has 1 aliphatic rings. The number of anilines is 1. The van der Waals surface area contributed by atoms with Crippen molar-refractivity contribution < 1.29 is 23.4 Å². The summed E-state index contributed by atoms with van der Waals surface area (Å²) in [5.41, 5.74) is 0.878. The van der Waals surface area contributed by atoms with Crippen molar-refractivity contribution in [1.82, 2.24) is 0 Å². The number of ether oxygens (including phenoxy) is 3. The van der Waals surface area contributed by atoms with Crippen LogP contribution in [0.25, 0.3) is 0 Å². The number of methoxy groups -OCH3 is 1. The van der Waals surface area contributed by atoms with Gasteiger partial charge < -0.3 is 19.5 Å². The van der Waals surface area contributed by atoms with Crippen LogP contribution in [0.3, 0.4) is 0 Å². The molecule has 0 aromatic heterocycles. The Labute approximate surface area is 145 Å². The van der Waals surface area contributed by atoms with Gasteiger partial charge in [-0.15, -0.1) is 0 Å². The monoisotopic (exact) mass is 345 g/mol. The van der Waals surface area contributed by atoms with Gasteiger partial charge in [0.1, 0.15) is 23.9 Å². The minimum Gasteiger partial charge on any atom is -0.494 e. The molecule has 2 aromatic carbocycles. The zero-order chi connectivity index (χ0) is 17.6. The van der Waals surface area contributed by atoms with E-state index in [0.29, 0.717) is 23.6 Å². The van der Waals surface area contributed by atoms with Crippen LogP contribution in [-0.4, -0.2) is 32.3 Å². The smallest absolute Gasteiger partial charge is 0.255 e. The quantitative estimate of drug-likeness (QED) is 0.868. The third-order valence-electron chi connectivity index (χ3n) is 3.99. The van der Waals surface area contributed by atoms with Gasteiger partial charge in [-0.1, -0.05) is 0 Å². The van der Waals surface area contributed by atoms with Crippen LogP contribution in [0.15, 0.2) is 42.5 Å². The highest BCUT2D eigenvalue weighted by atomic mass is 19.1. The van der Waals surface area contributed by atoms with Gasteiger partial charge in [0, 0.05) is 18.2 Å². The van der Waals surface area contributed by atoms with E-state index in [1.807, 2.05) is 0 Å². The Bertz CT molecular complexity index is 727. The average molecular weight is 345 g/mol. The van der Waals surface area contributed by atoms with E-state index in [2.05, 4.69) is 5.32 Å². The molecule has 1 atom stereocenters. The maximum Gasteiger partial charge on any atom is 0.255 e. The lowest BCUT2D eigenvalue weighted by atomic mass is 10.2. The second kappa shape index (κ2) is 7.98. The van der Waals surface area contributed by atoms with Gasteiger partial charge in [0.25, 0.3) is 5.91 Å². The van der Waals surface area contributed by atoms with Crippen LogP contribution in [0, 0.1) is 5.82 Å². The Balaban J connectivity index is 1.60. The Hall–Kier alpha value is -2.60. The highest BCUT2D eigenvalue weighted by Crippen LogP contribution is 2.25. The number of nitrogens with one attached hydrogen (secondary N) is 1. The largest absolute Gasteiger partial charge is 0.494 e. The first-order valence-corrected chi connectivity index (χ1v) is 8.15. The SMILES string of the molecule is COc1cc(F)ccc1NC(=O)c1ccc(OCC2CCCO2)cc1. The number of halogens is 1. The summed E-state index contributed by atoms with van der Waals surface area (Å²) in [5, 5.41) is 2.71. The Kier molecular flexibility index (Phi) is 5.50. The van der Waals surface area contributed by atoms with Crippen LogP contribution in [0.1, 0.15) is 23.2 Å². The van der Waals surface area contributed by atoms with Crippen molar-refractivity contribution in [3.05, 3.63) is 53.8 Å². The fourth-order valence-electron chi connectivity index (χ4n) is 2.63. The van der Waals surface area contributed by atoms with Gasteiger partial charge in [-0.05, 0) is 49.2 Å². The van der Waals surface area contributed by atoms with Crippen LogP contribution in [0.2, 0.25) is 0 Å². The molecule has 0 spiro atoms. The van der Waals surface area contributed by atoms with E-state index in [0.717, 1.165) is 19.4 Å². The molecule has 2 aromatic rings. The normalized spacial score (nSPS) is 16.5. The second-order valence-corrected chi connectivity index (χ2v) is 5.77. The second-order valence-electron chi connectivity index (χ2n) is 5.77. The number of rotatable bonds is 6. The zero-order valence-electron chi connectivity index (χ0n) is 14.0. The molecule has 5 nitrogen and oxygen atoms in total. The Morgan fingerprint density at radius 1 is 1.28 bits per heavy atom. The summed E-state index contributed by atoms with van der Waals surface area (Å²) in [6, 6.07) is 10.8. The van der Waals surface area contributed by atoms with Crippen molar-refractivity contribution >= 4 is 11.6 Å². The fraction of sp³-hybridized carbons (Fsp3) is 0.316. The van der Waals surface area contributed by atoms with E-state index in [1.54, 1.807) is 24.3 Å². The molecule has 1 N–H and O–H groups in total. The topological polar surface area (TPSA) is 56.8 Å². The molecule has 3 rings (SSSR count). The molecule has 1 aliphatic heterocycles. The van der Waals surface area contributed by atoms with E-state index in [1.165, 1.54) is 25.3 Å². The van der Waals surface area contributed by atoms with Crippen LogP contribution < -0.4 is 14.8 Å². The summed E-state index contributed by atoms with van der Waals surface area (Å²) in [6.45, 7) is 1.30. The van der Waals surface area contributed by atoms with Crippen molar-refractivity contribution in [3.8, 4) is 11.5 Å². The van der Waals surface area contributed by atoms with Crippen molar-refractivity contribution in [2.45, 2.75) is 18.9 Å². The molecule has 25 heavy (non-hydrogen) atoms. The molecular weight excluding hydrogens is 325 g/mol. The molecule has 0 saturated carbocycles. The lowest BCUT2D eigenvalue weighted by Gasteiger charge is -2.12. The molecule has 0 aliphatic carbocycles. The summed E-state index contributed by atoms with van der Waals surface area (Å²) >= 11 is 0. The molecule has 0 radical (unpaired) electrons. The van der Waals surface area contributed by atoms with Gasteiger partial charge in [-0.25, -0.2) is 4.39 Å². The van der Waals surface area contributed by atoms with E-state index >= 15 is 0 Å². The number of carbonyl (C=O) groups is 1. The van der Waals surface area contributed by atoms with Gasteiger partial charge in [-0.3, -0.25) is 4.79 Å². The van der Waals surface area contributed by atoms with Crippen molar-refractivity contribution in [1.29, 1.82) is 0 Å². The molecule has 1 amide bonds. The maximum atomic E-state index is 13.2. The van der Waals surface area contributed by atoms with Gasteiger partial charge in [0.2, 0.25) is 0 Å². The molecular formula is C19H20FNO4. The third-order valence-corrected chi connectivity index (χ3v) is 3.99. The van der Waals surface area contributed by atoms with Gasteiger partial charge >= 0.3 is 0 Å². The number of hydrogen-bond acceptors (Lipinski definition) is 4. The van der Waals surface area contributed by atoms with Crippen molar-refractivity contribution in [2.24, 2.45) is 0 Å². The van der Waals surface area contributed by atoms with Crippen LogP contribution in [-0.2, 0) is 4.74 Å². The molecule has 1 fully saturated rings. The summed E-state index contributed by atoms with van der Waals surface area (Å²) in [5.74, 6) is 0.217. The lowest BCUT2D eigenvalue weighted by Crippen LogP contribution is -2.16. The number of amides is 1. The summed E-state index contributed by atoms with van der Waals surface area (Å²) in [6.07, 6.45) is 2.23. The van der Waals surface area contributed by atoms with E-state index in [4.69, 9.17) is 14.2 Å². The predicted octanol–water partition coefficient (Wildman–Crippen LogP) is 3.64. The molecule has 1 saturated heterocycles. The zero-order valence-corrected chi connectivity index (χ0v) is 14.0. The van der Waals surface area contributed by atoms with Crippen LogP contribution in [0.5, 0.6) is 11.5 Å². The molecule has 0 bridgehead atoms. The van der Waals surface area contributed by atoms with Crippen molar-refractivity contribution in [3.63, 3.8) is 0 Å². The number of hydrogen-bond donors (Lipinski definition) is 1. The standard InChI is InChI=1S/C19H20FNO4/c1-23-18-11-14(20)6-9-17(18)21-19(22)13-4-7-15(8-5-13)25-12-16-3-2-10-24-16/h4-9,11,16H,2-3,10,12H2,1H3,(H,21,22). The first-order chi connectivity index (χ1) is 12.2. The summed E-state index contributed by atoms with van der Waals surface area (Å²) in [7, 11) is 1.42. The molecule has 6 heteroatoms. The number of carbonyl (C=O) groups excluding carboxylic acids is 1. The van der Waals surface area contributed by atoms with Crippen LogP contribution >= 0.6 is 0 Å². The number of benzene rings is 2. The van der Waals surface area contributed by atoms with Gasteiger partial charge in [0.05, 0.1) is 18.9 Å². The van der Waals surface area contributed by atoms with E-state index in [9.17, 15) is 9.18 Å². The summed E-state index contributed by atoms with van der Waals surface area (Å²) in [4.78, 5) is 12.3. The average Bonchev–Trinajstić information content (AvgIpc) is 3.15. The minimum absolute atomic E-state index is 0.147. The minimum atomic E-state index is -0.428. The lowest BCUT2D eigenvalue weighted by molar-refractivity contribution is 0.0679. The van der Waals surface area contributed by atoms with Gasteiger partial charge in [-0.2, -0.15) is 0 Å². The third kappa shape index (κ3) is 4.48. The fourth-order valence-corrected chi connectivity index (χ4v) is 2.63. The van der Waals surface area contributed by atoms with E-state index < -0.39 is 5.82 Å². The molecule has 132 valence electrons. The summed E-state index contributed by atoms with van der Waals surface area (Å²) < 4.78 is 29.5. The van der Waals surface area contributed by atoms with E-state index in [-0.39, 0.29) is 17.8 Å². The Morgan fingerprint density at radius 2 is 2.08 bits per heavy atom. The highest BCUT2D eigenvalue weighted by Gasteiger charge is 2.16. The molecule has 1 heterocycles. The molecule has 1 unspecified atom stereocenters. The van der Waals surface area contributed by atoms with Crippen molar-refractivity contribution in [2.75, 3.05) is 25.6 Å². The first-order valence-electron chi connectivity index (χ1n) is 8.15. The highest BCUT2D eigenvalue weighted by molar-refractivity contribution is 6.05. The first kappa shape index (κ1) is 17.2.